The van der Waals surface area contributed by atoms with Gasteiger partial charge >= 0.3 is 0 Å². The Morgan fingerprint density at radius 2 is 1.73 bits per heavy atom. The molecule has 1 fully saturated rings. The SMILES string of the molecule is Cc1cc(C)c(OCCN2CCN(C)CC2)c(Cc2ccccc2Br)c1. The van der Waals surface area contributed by atoms with E-state index in [1.807, 2.05) is 0 Å². The van der Waals surface area contributed by atoms with Crippen LogP contribution in [0.4, 0.5) is 0 Å². The zero-order chi connectivity index (χ0) is 18.5. The third kappa shape index (κ3) is 5.09. The molecule has 0 atom stereocenters. The van der Waals surface area contributed by atoms with Crippen LogP contribution in [0, 0.1) is 13.8 Å². The predicted molar refractivity (Wildman–Crippen MR) is 112 cm³/mol. The molecule has 0 bridgehead atoms. The molecule has 1 heterocycles. The molecule has 3 rings (SSSR count). The Labute approximate surface area is 166 Å². The molecule has 2 aromatic rings. The number of aryl methyl sites for hydroxylation is 2. The molecule has 0 amide bonds. The lowest BCUT2D eigenvalue weighted by atomic mass is 9.99. The second kappa shape index (κ2) is 9.03. The van der Waals surface area contributed by atoms with E-state index >= 15 is 0 Å². The Hall–Kier alpha value is -1.36. The van der Waals surface area contributed by atoms with Crippen molar-refractivity contribution in [1.29, 1.82) is 0 Å². The summed E-state index contributed by atoms with van der Waals surface area (Å²) in [6.45, 7) is 10.6. The van der Waals surface area contributed by atoms with E-state index in [-0.39, 0.29) is 0 Å². The lowest BCUT2D eigenvalue weighted by molar-refractivity contribution is 0.133. The van der Waals surface area contributed by atoms with Crippen molar-refractivity contribution < 1.29 is 4.74 Å². The molecule has 0 aliphatic carbocycles. The van der Waals surface area contributed by atoms with Crippen LogP contribution in [0.2, 0.25) is 0 Å². The summed E-state index contributed by atoms with van der Waals surface area (Å²) in [5, 5.41) is 0. The summed E-state index contributed by atoms with van der Waals surface area (Å²) in [4.78, 5) is 4.88. The fraction of sp³-hybridized carbons (Fsp3) is 0.455. The monoisotopic (exact) mass is 416 g/mol. The van der Waals surface area contributed by atoms with E-state index < -0.39 is 0 Å². The van der Waals surface area contributed by atoms with Gasteiger partial charge in [0.15, 0.2) is 0 Å². The van der Waals surface area contributed by atoms with Gasteiger partial charge in [0.1, 0.15) is 12.4 Å². The van der Waals surface area contributed by atoms with Gasteiger partial charge in [0.25, 0.3) is 0 Å². The van der Waals surface area contributed by atoms with Crippen molar-refractivity contribution in [1.82, 2.24) is 9.80 Å². The second-order valence-corrected chi connectivity index (χ2v) is 8.19. The van der Waals surface area contributed by atoms with Crippen LogP contribution >= 0.6 is 15.9 Å². The van der Waals surface area contributed by atoms with E-state index in [0.717, 1.165) is 56.0 Å². The largest absolute Gasteiger partial charge is 0.492 e. The molecule has 0 radical (unpaired) electrons. The van der Waals surface area contributed by atoms with Gasteiger partial charge in [-0.05, 0) is 43.7 Å². The highest BCUT2D eigenvalue weighted by Crippen LogP contribution is 2.29. The number of halogens is 1. The molecule has 140 valence electrons. The first kappa shape index (κ1) is 19.4. The van der Waals surface area contributed by atoms with Gasteiger partial charge < -0.3 is 9.64 Å². The van der Waals surface area contributed by atoms with Gasteiger partial charge in [-0.1, -0.05) is 51.8 Å². The van der Waals surface area contributed by atoms with Gasteiger partial charge in [0.05, 0.1) is 0 Å². The van der Waals surface area contributed by atoms with Crippen molar-refractivity contribution in [2.24, 2.45) is 0 Å². The van der Waals surface area contributed by atoms with E-state index in [1.165, 1.54) is 22.3 Å². The van der Waals surface area contributed by atoms with Crippen LogP contribution in [0.25, 0.3) is 0 Å². The van der Waals surface area contributed by atoms with E-state index in [9.17, 15) is 0 Å². The summed E-state index contributed by atoms with van der Waals surface area (Å²) in [5.74, 6) is 1.06. The van der Waals surface area contributed by atoms with Gasteiger partial charge in [0.2, 0.25) is 0 Å². The minimum absolute atomic E-state index is 0.747. The number of likely N-dealkylation sites (N-methyl/N-ethyl adjacent to an activating group) is 1. The highest BCUT2D eigenvalue weighted by molar-refractivity contribution is 9.10. The summed E-state index contributed by atoms with van der Waals surface area (Å²) in [6, 6.07) is 12.9. The van der Waals surface area contributed by atoms with Crippen LogP contribution in [0.1, 0.15) is 22.3 Å². The number of ether oxygens (including phenoxy) is 1. The van der Waals surface area contributed by atoms with Crippen LogP contribution in [-0.4, -0.2) is 56.2 Å². The maximum absolute atomic E-state index is 6.29. The van der Waals surface area contributed by atoms with Crippen LogP contribution in [0.3, 0.4) is 0 Å². The molecule has 1 aliphatic heterocycles. The molecule has 0 aromatic heterocycles. The molecule has 0 spiro atoms. The lowest BCUT2D eigenvalue weighted by Crippen LogP contribution is -2.45. The average molecular weight is 417 g/mol. The predicted octanol–water partition coefficient (Wildman–Crippen LogP) is 4.28. The van der Waals surface area contributed by atoms with Crippen molar-refractivity contribution in [2.75, 3.05) is 46.4 Å². The van der Waals surface area contributed by atoms with Crippen molar-refractivity contribution in [2.45, 2.75) is 20.3 Å². The van der Waals surface area contributed by atoms with E-state index in [2.05, 4.69) is 83.0 Å². The third-order valence-corrected chi connectivity index (χ3v) is 5.86. The number of hydrogen-bond acceptors (Lipinski definition) is 3. The molecule has 4 heteroatoms. The molecule has 3 nitrogen and oxygen atoms in total. The number of hydrogen-bond donors (Lipinski definition) is 0. The summed E-state index contributed by atoms with van der Waals surface area (Å²) < 4.78 is 7.45. The van der Waals surface area contributed by atoms with E-state index in [1.54, 1.807) is 0 Å². The van der Waals surface area contributed by atoms with Crippen molar-refractivity contribution in [3.63, 3.8) is 0 Å². The Bertz CT molecular complexity index is 739. The van der Waals surface area contributed by atoms with Crippen LogP contribution in [0.5, 0.6) is 5.75 Å². The maximum Gasteiger partial charge on any atom is 0.125 e. The Balaban J connectivity index is 1.69. The minimum Gasteiger partial charge on any atom is -0.492 e. The van der Waals surface area contributed by atoms with Gasteiger partial charge in [-0.25, -0.2) is 0 Å². The van der Waals surface area contributed by atoms with Crippen LogP contribution < -0.4 is 4.74 Å². The molecule has 2 aromatic carbocycles. The van der Waals surface area contributed by atoms with Gasteiger partial charge in [-0.3, -0.25) is 4.90 Å². The van der Waals surface area contributed by atoms with Crippen LogP contribution in [-0.2, 0) is 6.42 Å². The Morgan fingerprint density at radius 3 is 2.46 bits per heavy atom. The summed E-state index contributed by atoms with van der Waals surface area (Å²) in [7, 11) is 2.19. The molecule has 0 unspecified atom stereocenters. The van der Waals surface area contributed by atoms with Gasteiger partial charge in [0, 0.05) is 43.6 Å². The Kier molecular flexibility index (Phi) is 6.74. The summed E-state index contributed by atoms with van der Waals surface area (Å²) in [5.41, 5.74) is 5.08. The number of piperazine rings is 1. The molecular formula is C22H29BrN2O. The third-order valence-electron chi connectivity index (χ3n) is 5.08. The summed E-state index contributed by atoms with van der Waals surface area (Å²) in [6.07, 6.45) is 0.883. The first-order valence-electron chi connectivity index (χ1n) is 9.40. The zero-order valence-corrected chi connectivity index (χ0v) is 17.7. The normalized spacial score (nSPS) is 16.0. The van der Waals surface area contributed by atoms with Crippen LogP contribution in [0.15, 0.2) is 40.9 Å². The summed E-state index contributed by atoms with van der Waals surface area (Å²) >= 11 is 3.67. The van der Waals surface area contributed by atoms with Crippen molar-refractivity contribution in [3.05, 3.63) is 63.1 Å². The maximum atomic E-state index is 6.29. The molecular weight excluding hydrogens is 388 g/mol. The number of benzene rings is 2. The Morgan fingerprint density at radius 1 is 1.00 bits per heavy atom. The molecule has 1 saturated heterocycles. The van der Waals surface area contributed by atoms with E-state index in [4.69, 9.17) is 4.74 Å². The first-order chi connectivity index (χ1) is 12.5. The van der Waals surface area contributed by atoms with E-state index in [0.29, 0.717) is 0 Å². The average Bonchev–Trinajstić information content (AvgIpc) is 2.61. The van der Waals surface area contributed by atoms with Gasteiger partial charge in [-0.15, -0.1) is 0 Å². The smallest absolute Gasteiger partial charge is 0.125 e. The number of rotatable bonds is 6. The minimum atomic E-state index is 0.747. The quantitative estimate of drug-likeness (QED) is 0.698. The molecule has 26 heavy (non-hydrogen) atoms. The van der Waals surface area contributed by atoms with Gasteiger partial charge in [-0.2, -0.15) is 0 Å². The van der Waals surface area contributed by atoms with Crippen molar-refractivity contribution in [3.8, 4) is 5.75 Å². The number of nitrogens with zero attached hydrogens (tertiary/aromatic N) is 2. The fourth-order valence-electron chi connectivity index (χ4n) is 3.58. The molecule has 0 N–H and O–H groups in total. The first-order valence-corrected chi connectivity index (χ1v) is 10.2. The highest BCUT2D eigenvalue weighted by Gasteiger charge is 2.15. The highest BCUT2D eigenvalue weighted by atomic mass is 79.9. The second-order valence-electron chi connectivity index (χ2n) is 7.33. The van der Waals surface area contributed by atoms with Crippen molar-refractivity contribution >= 4 is 15.9 Å². The lowest BCUT2D eigenvalue weighted by Gasteiger charge is -2.32. The molecule has 0 saturated carbocycles. The standard InChI is InChI=1S/C22H29BrN2O/c1-17-14-18(2)22(26-13-12-25-10-8-24(3)9-11-25)20(15-17)16-19-6-4-5-7-21(19)23/h4-7,14-15H,8-13,16H2,1-3H3. The topological polar surface area (TPSA) is 15.7 Å². The molecule has 1 aliphatic rings. The fourth-order valence-corrected chi connectivity index (χ4v) is 4.00. The zero-order valence-electron chi connectivity index (χ0n) is 16.1.